The van der Waals surface area contributed by atoms with E-state index in [1.807, 2.05) is 12.1 Å². The van der Waals surface area contributed by atoms with Crippen molar-refractivity contribution in [2.45, 2.75) is 26.8 Å². The van der Waals surface area contributed by atoms with Crippen molar-refractivity contribution >= 4 is 5.91 Å². The first kappa shape index (κ1) is 10.7. The number of hydrogen-bond acceptors (Lipinski definition) is 2. The third kappa shape index (κ3) is 2.83. The smallest absolute Gasteiger partial charge is 0.217 e. The van der Waals surface area contributed by atoms with Crippen molar-refractivity contribution in [2.24, 2.45) is 5.92 Å². The minimum absolute atomic E-state index is 0.00690. The summed E-state index contributed by atoms with van der Waals surface area (Å²) in [6, 6.07) is 3.92. The van der Waals surface area contributed by atoms with Gasteiger partial charge in [-0.1, -0.05) is 19.9 Å². The van der Waals surface area contributed by atoms with Crippen molar-refractivity contribution < 1.29 is 4.79 Å². The molecule has 1 N–H and O–H groups in total. The van der Waals surface area contributed by atoms with Crippen LogP contribution in [0.25, 0.3) is 0 Å². The third-order valence-electron chi connectivity index (χ3n) is 2.07. The zero-order valence-corrected chi connectivity index (χ0v) is 8.82. The van der Waals surface area contributed by atoms with Gasteiger partial charge in [-0.2, -0.15) is 0 Å². The lowest BCUT2D eigenvalue weighted by molar-refractivity contribution is -0.120. The molecule has 1 rings (SSSR count). The van der Waals surface area contributed by atoms with Crippen molar-refractivity contribution in [3.63, 3.8) is 0 Å². The number of carbonyl (C=O) groups is 1. The Kier molecular flexibility index (Phi) is 3.63. The summed E-state index contributed by atoms with van der Waals surface area (Å²) in [6.45, 7) is 5.69. The van der Waals surface area contributed by atoms with Crippen LogP contribution in [0.15, 0.2) is 24.5 Å². The molecule has 1 aromatic rings. The van der Waals surface area contributed by atoms with Gasteiger partial charge in [-0.25, -0.2) is 0 Å². The second-order valence-electron chi connectivity index (χ2n) is 3.71. The van der Waals surface area contributed by atoms with Crippen molar-refractivity contribution in [3.05, 3.63) is 30.1 Å². The van der Waals surface area contributed by atoms with Crippen LogP contribution in [-0.4, -0.2) is 10.9 Å². The van der Waals surface area contributed by atoms with Crippen LogP contribution in [0.2, 0.25) is 0 Å². The zero-order chi connectivity index (χ0) is 10.6. The minimum atomic E-state index is -0.00690. The van der Waals surface area contributed by atoms with Gasteiger partial charge in [0.15, 0.2) is 0 Å². The molecule has 1 heterocycles. The van der Waals surface area contributed by atoms with Crippen LogP contribution in [0.1, 0.15) is 32.4 Å². The molecule has 0 aliphatic carbocycles. The summed E-state index contributed by atoms with van der Waals surface area (Å²) in [7, 11) is 0. The van der Waals surface area contributed by atoms with Gasteiger partial charge < -0.3 is 5.32 Å². The summed E-state index contributed by atoms with van der Waals surface area (Å²) in [5.74, 6) is 0.357. The number of aromatic nitrogens is 1. The van der Waals surface area contributed by atoms with E-state index in [9.17, 15) is 4.79 Å². The van der Waals surface area contributed by atoms with Crippen LogP contribution >= 0.6 is 0 Å². The predicted octanol–water partition coefficient (Wildman–Crippen LogP) is 1.91. The first-order valence-electron chi connectivity index (χ1n) is 4.78. The second kappa shape index (κ2) is 4.74. The van der Waals surface area contributed by atoms with Crippen LogP contribution in [-0.2, 0) is 4.79 Å². The summed E-state index contributed by atoms with van der Waals surface area (Å²) in [6.07, 6.45) is 3.52. The van der Waals surface area contributed by atoms with E-state index in [0.29, 0.717) is 5.92 Å². The molecule has 0 aliphatic heterocycles. The van der Waals surface area contributed by atoms with Crippen LogP contribution in [0, 0.1) is 5.92 Å². The van der Waals surface area contributed by atoms with Crippen molar-refractivity contribution in [3.8, 4) is 0 Å². The lowest BCUT2D eigenvalue weighted by Crippen LogP contribution is -2.29. The topological polar surface area (TPSA) is 42.0 Å². The monoisotopic (exact) mass is 192 g/mol. The Morgan fingerprint density at radius 2 is 2.21 bits per heavy atom. The average Bonchev–Trinajstić information content (AvgIpc) is 2.15. The van der Waals surface area contributed by atoms with E-state index in [2.05, 4.69) is 24.1 Å². The van der Waals surface area contributed by atoms with E-state index in [-0.39, 0.29) is 11.9 Å². The van der Waals surface area contributed by atoms with E-state index < -0.39 is 0 Å². The molecule has 1 atom stereocenters. The molecular formula is C11H16N2O. The normalized spacial score (nSPS) is 12.6. The van der Waals surface area contributed by atoms with Gasteiger partial charge in [-0.3, -0.25) is 9.78 Å². The Hall–Kier alpha value is -1.38. The fourth-order valence-electron chi connectivity index (χ4n) is 1.41. The molecule has 0 aromatic carbocycles. The number of nitrogens with one attached hydrogen (secondary N) is 1. The molecule has 0 radical (unpaired) electrons. The highest BCUT2D eigenvalue weighted by Crippen LogP contribution is 2.20. The van der Waals surface area contributed by atoms with Crippen LogP contribution in [0.4, 0.5) is 0 Å². The molecule has 3 nitrogen and oxygen atoms in total. The molecule has 14 heavy (non-hydrogen) atoms. The summed E-state index contributed by atoms with van der Waals surface area (Å²) in [5.41, 5.74) is 1.05. The molecular weight excluding hydrogens is 176 g/mol. The number of amides is 1. The number of nitrogens with zero attached hydrogens (tertiary/aromatic N) is 1. The van der Waals surface area contributed by atoms with Crippen molar-refractivity contribution in [1.82, 2.24) is 10.3 Å². The highest BCUT2D eigenvalue weighted by atomic mass is 16.1. The van der Waals surface area contributed by atoms with Gasteiger partial charge in [0.05, 0.1) is 6.04 Å². The largest absolute Gasteiger partial charge is 0.349 e. The average molecular weight is 192 g/mol. The van der Waals surface area contributed by atoms with E-state index in [1.54, 1.807) is 12.4 Å². The molecule has 3 heteroatoms. The Morgan fingerprint density at radius 1 is 1.50 bits per heavy atom. The minimum Gasteiger partial charge on any atom is -0.349 e. The summed E-state index contributed by atoms with van der Waals surface area (Å²) < 4.78 is 0. The van der Waals surface area contributed by atoms with Gasteiger partial charge in [0.2, 0.25) is 5.91 Å². The summed E-state index contributed by atoms with van der Waals surface area (Å²) in [5, 5.41) is 2.92. The zero-order valence-electron chi connectivity index (χ0n) is 8.82. The van der Waals surface area contributed by atoms with Gasteiger partial charge in [-0.15, -0.1) is 0 Å². The SMILES string of the molecule is CC(=O)NC(c1cccnc1)C(C)C. The van der Waals surface area contributed by atoms with Crippen LogP contribution in [0.5, 0.6) is 0 Å². The lowest BCUT2D eigenvalue weighted by Gasteiger charge is -2.21. The van der Waals surface area contributed by atoms with Gasteiger partial charge in [0.25, 0.3) is 0 Å². The fourth-order valence-corrected chi connectivity index (χ4v) is 1.41. The van der Waals surface area contributed by atoms with Crippen molar-refractivity contribution in [1.29, 1.82) is 0 Å². The van der Waals surface area contributed by atoms with Crippen molar-refractivity contribution in [2.75, 3.05) is 0 Å². The summed E-state index contributed by atoms with van der Waals surface area (Å²) >= 11 is 0. The number of pyridine rings is 1. The third-order valence-corrected chi connectivity index (χ3v) is 2.07. The number of rotatable bonds is 3. The molecule has 0 fully saturated rings. The molecule has 0 saturated carbocycles. The van der Waals surface area contributed by atoms with E-state index in [1.165, 1.54) is 6.92 Å². The molecule has 1 unspecified atom stereocenters. The maximum atomic E-state index is 11.0. The van der Waals surface area contributed by atoms with Crippen LogP contribution < -0.4 is 5.32 Å². The quantitative estimate of drug-likeness (QED) is 0.795. The molecule has 1 aromatic heterocycles. The second-order valence-corrected chi connectivity index (χ2v) is 3.71. The van der Waals surface area contributed by atoms with E-state index in [4.69, 9.17) is 0 Å². The number of carbonyl (C=O) groups excluding carboxylic acids is 1. The van der Waals surface area contributed by atoms with E-state index >= 15 is 0 Å². The Bertz CT molecular complexity index is 295. The highest BCUT2D eigenvalue weighted by molar-refractivity contribution is 5.73. The first-order chi connectivity index (χ1) is 6.61. The molecule has 0 saturated heterocycles. The van der Waals surface area contributed by atoms with Gasteiger partial charge in [0, 0.05) is 19.3 Å². The fraction of sp³-hybridized carbons (Fsp3) is 0.455. The molecule has 76 valence electrons. The molecule has 0 spiro atoms. The Labute approximate surface area is 84.6 Å². The predicted molar refractivity (Wildman–Crippen MR) is 55.6 cm³/mol. The number of hydrogen-bond donors (Lipinski definition) is 1. The highest BCUT2D eigenvalue weighted by Gasteiger charge is 2.16. The molecule has 1 amide bonds. The molecule has 0 bridgehead atoms. The first-order valence-corrected chi connectivity index (χ1v) is 4.78. The molecule has 0 aliphatic rings. The van der Waals surface area contributed by atoms with Crippen LogP contribution in [0.3, 0.4) is 0 Å². The lowest BCUT2D eigenvalue weighted by atomic mass is 9.97. The standard InChI is InChI=1S/C11H16N2O/c1-8(2)11(13-9(3)14)10-5-4-6-12-7-10/h4-8,11H,1-3H3,(H,13,14). The Balaban J connectivity index is 2.83. The summed E-state index contributed by atoms with van der Waals surface area (Å²) in [4.78, 5) is 15.0. The van der Waals surface area contributed by atoms with E-state index in [0.717, 1.165) is 5.56 Å². The van der Waals surface area contributed by atoms with Gasteiger partial charge >= 0.3 is 0 Å². The van der Waals surface area contributed by atoms with Gasteiger partial charge in [0.1, 0.15) is 0 Å². The Morgan fingerprint density at radius 3 is 2.64 bits per heavy atom. The van der Waals surface area contributed by atoms with Gasteiger partial charge in [-0.05, 0) is 17.5 Å². The maximum Gasteiger partial charge on any atom is 0.217 e. The maximum absolute atomic E-state index is 11.0.